The van der Waals surface area contributed by atoms with Crippen LogP contribution in [-0.2, 0) is 0 Å². The van der Waals surface area contributed by atoms with Crippen molar-refractivity contribution < 1.29 is 4.74 Å². The van der Waals surface area contributed by atoms with Gasteiger partial charge in [0.25, 0.3) is 0 Å². The van der Waals surface area contributed by atoms with Crippen molar-refractivity contribution in [3.63, 3.8) is 0 Å². The Bertz CT molecular complexity index is 375. The SMILES string of the molecule is CCOc1cc(C)c(C(C)C)cc1C(N)CN. The van der Waals surface area contributed by atoms with Crippen LogP contribution in [0.5, 0.6) is 5.75 Å². The summed E-state index contributed by atoms with van der Waals surface area (Å²) in [6.07, 6.45) is 0. The number of rotatable bonds is 5. The highest BCUT2D eigenvalue weighted by molar-refractivity contribution is 5.45. The molecule has 0 saturated heterocycles. The topological polar surface area (TPSA) is 61.3 Å². The number of hydrogen-bond acceptors (Lipinski definition) is 3. The third-order valence-corrected chi connectivity index (χ3v) is 2.97. The fourth-order valence-electron chi connectivity index (χ4n) is 2.04. The third-order valence-electron chi connectivity index (χ3n) is 2.97. The molecular formula is C14H24N2O. The maximum absolute atomic E-state index is 6.04. The molecule has 0 bridgehead atoms. The Labute approximate surface area is 104 Å². The first-order valence-corrected chi connectivity index (χ1v) is 6.24. The minimum Gasteiger partial charge on any atom is -0.494 e. The lowest BCUT2D eigenvalue weighted by Crippen LogP contribution is -2.22. The summed E-state index contributed by atoms with van der Waals surface area (Å²) in [4.78, 5) is 0. The van der Waals surface area contributed by atoms with Crippen molar-refractivity contribution in [3.8, 4) is 5.75 Å². The molecule has 1 rings (SSSR count). The molecule has 0 aliphatic heterocycles. The summed E-state index contributed by atoms with van der Waals surface area (Å²) in [7, 11) is 0. The summed E-state index contributed by atoms with van der Waals surface area (Å²) < 4.78 is 5.64. The van der Waals surface area contributed by atoms with E-state index in [1.165, 1.54) is 11.1 Å². The van der Waals surface area contributed by atoms with Crippen molar-refractivity contribution >= 4 is 0 Å². The average Bonchev–Trinajstić information content (AvgIpc) is 2.28. The molecule has 96 valence electrons. The van der Waals surface area contributed by atoms with Gasteiger partial charge < -0.3 is 16.2 Å². The fourth-order valence-corrected chi connectivity index (χ4v) is 2.04. The molecule has 1 atom stereocenters. The molecule has 1 unspecified atom stereocenters. The van der Waals surface area contributed by atoms with E-state index in [9.17, 15) is 0 Å². The highest BCUT2D eigenvalue weighted by atomic mass is 16.5. The Balaban J connectivity index is 3.26. The minimum atomic E-state index is -0.158. The molecule has 0 amide bonds. The predicted octanol–water partition coefficient (Wildman–Crippen LogP) is 2.48. The molecule has 0 aromatic heterocycles. The Kier molecular flexibility index (Phi) is 4.97. The fraction of sp³-hybridized carbons (Fsp3) is 0.571. The first-order chi connectivity index (χ1) is 8.01. The Morgan fingerprint density at radius 1 is 1.24 bits per heavy atom. The maximum atomic E-state index is 6.04. The maximum Gasteiger partial charge on any atom is 0.124 e. The quantitative estimate of drug-likeness (QED) is 0.825. The van der Waals surface area contributed by atoms with Crippen LogP contribution in [-0.4, -0.2) is 13.2 Å². The van der Waals surface area contributed by atoms with E-state index in [0.29, 0.717) is 19.1 Å². The van der Waals surface area contributed by atoms with E-state index in [1.54, 1.807) is 0 Å². The van der Waals surface area contributed by atoms with E-state index in [4.69, 9.17) is 16.2 Å². The van der Waals surface area contributed by atoms with Crippen LogP contribution in [0.2, 0.25) is 0 Å². The van der Waals surface area contributed by atoms with Crippen LogP contribution in [0.1, 0.15) is 49.4 Å². The molecule has 4 N–H and O–H groups in total. The Morgan fingerprint density at radius 2 is 1.88 bits per heavy atom. The molecule has 3 nitrogen and oxygen atoms in total. The van der Waals surface area contributed by atoms with E-state index in [-0.39, 0.29) is 6.04 Å². The molecule has 1 aromatic rings. The molecule has 17 heavy (non-hydrogen) atoms. The Morgan fingerprint density at radius 3 is 2.35 bits per heavy atom. The van der Waals surface area contributed by atoms with E-state index in [2.05, 4.69) is 32.9 Å². The molecule has 0 aliphatic rings. The van der Waals surface area contributed by atoms with Crippen LogP contribution in [0, 0.1) is 6.92 Å². The van der Waals surface area contributed by atoms with Crippen LogP contribution in [0.3, 0.4) is 0 Å². The van der Waals surface area contributed by atoms with Crippen molar-refractivity contribution in [2.75, 3.05) is 13.2 Å². The predicted molar refractivity (Wildman–Crippen MR) is 72.4 cm³/mol. The summed E-state index contributed by atoms with van der Waals surface area (Å²) >= 11 is 0. The molecule has 0 fully saturated rings. The second-order valence-electron chi connectivity index (χ2n) is 4.68. The number of hydrogen-bond donors (Lipinski definition) is 2. The van der Waals surface area contributed by atoms with Gasteiger partial charge in [0.05, 0.1) is 6.61 Å². The van der Waals surface area contributed by atoms with E-state index in [1.807, 2.05) is 6.92 Å². The van der Waals surface area contributed by atoms with Crippen LogP contribution in [0.4, 0.5) is 0 Å². The first kappa shape index (κ1) is 14.0. The first-order valence-electron chi connectivity index (χ1n) is 6.24. The molecule has 0 aliphatic carbocycles. The van der Waals surface area contributed by atoms with E-state index >= 15 is 0 Å². The summed E-state index contributed by atoms with van der Waals surface area (Å²) in [6.45, 7) is 9.52. The second-order valence-corrected chi connectivity index (χ2v) is 4.68. The largest absolute Gasteiger partial charge is 0.494 e. The van der Waals surface area contributed by atoms with Gasteiger partial charge in [-0.1, -0.05) is 13.8 Å². The van der Waals surface area contributed by atoms with Crippen LogP contribution in [0.15, 0.2) is 12.1 Å². The van der Waals surface area contributed by atoms with Gasteiger partial charge in [-0.25, -0.2) is 0 Å². The normalized spacial score (nSPS) is 12.9. The van der Waals surface area contributed by atoms with Crippen molar-refractivity contribution in [1.82, 2.24) is 0 Å². The van der Waals surface area contributed by atoms with Gasteiger partial charge in [0.15, 0.2) is 0 Å². The number of ether oxygens (including phenoxy) is 1. The van der Waals surface area contributed by atoms with Crippen molar-refractivity contribution in [1.29, 1.82) is 0 Å². The third kappa shape index (κ3) is 3.20. The number of benzene rings is 1. The highest BCUT2D eigenvalue weighted by Crippen LogP contribution is 2.31. The second kappa shape index (κ2) is 6.03. The van der Waals surface area contributed by atoms with E-state index < -0.39 is 0 Å². The van der Waals surface area contributed by atoms with Crippen LogP contribution in [0.25, 0.3) is 0 Å². The van der Waals surface area contributed by atoms with Gasteiger partial charge in [-0.3, -0.25) is 0 Å². The highest BCUT2D eigenvalue weighted by Gasteiger charge is 2.15. The van der Waals surface area contributed by atoms with E-state index in [0.717, 1.165) is 11.3 Å². The van der Waals surface area contributed by atoms with Crippen molar-refractivity contribution in [2.45, 2.75) is 39.7 Å². The summed E-state index contributed by atoms with van der Waals surface area (Å²) in [5.74, 6) is 1.35. The van der Waals surface area contributed by atoms with Crippen molar-refractivity contribution in [2.24, 2.45) is 11.5 Å². The van der Waals surface area contributed by atoms with Gasteiger partial charge in [-0.05, 0) is 43.0 Å². The van der Waals surface area contributed by atoms with Crippen LogP contribution < -0.4 is 16.2 Å². The smallest absolute Gasteiger partial charge is 0.124 e. The Hall–Kier alpha value is -1.06. The number of aryl methyl sites for hydroxylation is 1. The average molecular weight is 236 g/mol. The van der Waals surface area contributed by atoms with Gasteiger partial charge in [-0.15, -0.1) is 0 Å². The molecule has 1 aromatic carbocycles. The lowest BCUT2D eigenvalue weighted by atomic mass is 9.93. The lowest BCUT2D eigenvalue weighted by molar-refractivity contribution is 0.334. The lowest BCUT2D eigenvalue weighted by Gasteiger charge is -2.20. The van der Waals surface area contributed by atoms with Gasteiger partial charge in [0.2, 0.25) is 0 Å². The summed E-state index contributed by atoms with van der Waals surface area (Å²) in [6, 6.07) is 4.06. The van der Waals surface area contributed by atoms with Gasteiger partial charge in [-0.2, -0.15) is 0 Å². The van der Waals surface area contributed by atoms with Gasteiger partial charge >= 0.3 is 0 Å². The minimum absolute atomic E-state index is 0.158. The molecule has 3 heteroatoms. The zero-order chi connectivity index (χ0) is 13.0. The molecule has 0 radical (unpaired) electrons. The van der Waals surface area contributed by atoms with Crippen molar-refractivity contribution in [3.05, 3.63) is 28.8 Å². The van der Waals surface area contributed by atoms with Crippen LogP contribution >= 0.6 is 0 Å². The summed E-state index contributed by atoms with van der Waals surface area (Å²) in [5, 5.41) is 0. The molecule has 0 saturated carbocycles. The molecular weight excluding hydrogens is 212 g/mol. The molecule has 0 spiro atoms. The zero-order valence-corrected chi connectivity index (χ0v) is 11.3. The zero-order valence-electron chi connectivity index (χ0n) is 11.3. The standard InChI is InChI=1S/C14H24N2O/c1-5-17-14-6-10(4)11(9(2)3)7-12(14)13(16)8-15/h6-7,9,13H,5,8,15-16H2,1-4H3. The van der Waals surface area contributed by atoms with Gasteiger partial charge in [0.1, 0.15) is 5.75 Å². The monoisotopic (exact) mass is 236 g/mol. The summed E-state index contributed by atoms with van der Waals surface area (Å²) in [5.41, 5.74) is 15.3. The molecule has 0 heterocycles. The van der Waals surface area contributed by atoms with Gasteiger partial charge in [0, 0.05) is 18.2 Å². The number of nitrogens with two attached hydrogens (primary N) is 2.